The van der Waals surface area contributed by atoms with Crippen molar-refractivity contribution in [1.29, 1.82) is 0 Å². The van der Waals surface area contributed by atoms with Crippen molar-refractivity contribution in [2.75, 3.05) is 13.6 Å². The Bertz CT molecular complexity index is 1340. The van der Waals surface area contributed by atoms with E-state index in [4.69, 9.17) is 0 Å². The number of aryl methyl sites for hydroxylation is 3. The molecule has 0 radical (unpaired) electrons. The number of likely N-dealkylation sites (N-methyl/N-ethyl adjacent to an activating group) is 1. The van der Waals surface area contributed by atoms with Gasteiger partial charge in [-0.25, -0.2) is 4.68 Å². The van der Waals surface area contributed by atoms with Gasteiger partial charge in [-0.2, -0.15) is 5.10 Å². The summed E-state index contributed by atoms with van der Waals surface area (Å²) >= 11 is 0. The van der Waals surface area contributed by atoms with Crippen LogP contribution >= 0.6 is 0 Å². The average molecular weight is 484 g/mol. The largest absolute Gasteiger partial charge is 0.351 e. The van der Waals surface area contributed by atoms with Crippen LogP contribution in [0, 0.1) is 13.8 Å². The van der Waals surface area contributed by atoms with Crippen molar-refractivity contribution in [3.8, 4) is 5.69 Å². The molecule has 0 saturated heterocycles. The Balaban J connectivity index is 1.51. The molecule has 1 N–H and O–H groups in total. The zero-order valence-corrected chi connectivity index (χ0v) is 21.3. The third-order valence-corrected chi connectivity index (χ3v) is 6.47. The van der Waals surface area contributed by atoms with Crippen molar-refractivity contribution < 1.29 is 9.59 Å². The van der Waals surface area contributed by atoms with Crippen LogP contribution < -0.4 is 5.32 Å². The lowest BCUT2D eigenvalue weighted by atomic mass is 10.0. The number of carbonyl (C=O) groups is 2. The Morgan fingerprint density at radius 1 is 1.00 bits per heavy atom. The van der Waals surface area contributed by atoms with E-state index in [-0.39, 0.29) is 17.9 Å². The van der Waals surface area contributed by atoms with Gasteiger partial charge in [0.05, 0.1) is 11.4 Å². The summed E-state index contributed by atoms with van der Waals surface area (Å²) in [5.41, 5.74) is 5.16. The first-order valence-corrected chi connectivity index (χ1v) is 12.2. The van der Waals surface area contributed by atoms with Gasteiger partial charge in [-0.05, 0) is 68.7 Å². The van der Waals surface area contributed by atoms with Crippen molar-refractivity contribution in [3.05, 3.63) is 107 Å². The molecule has 186 valence electrons. The first kappa shape index (κ1) is 25.0. The molecule has 2 aromatic carbocycles. The molecule has 2 heterocycles. The predicted molar refractivity (Wildman–Crippen MR) is 141 cm³/mol. The number of aromatic nitrogens is 3. The quantitative estimate of drug-likeness (QED) is 0.385. The molecule has 7 nitrogen and oxygen atoms in total. The Hall–Kier alpha value is -4.13. The summed E-state index contributed by atoms with van der Waals surface area (Å²) in [5.74, 6) is -0.180. The molecule has 0 aliphatic rings. The minimum absolute atomic E-state index is 0.0620. The summed E-state index contributed by atoms with van der Waals surface area (Å²) in [7, 11) is 3.69. The Morgan fingerprint density at radius 3 is 2.44 bits per heavy atom. The van der Waals surface area contributed by atoms with E-state index in [2.05, 4.69) is 22.5 Å². The fourth-order valence-corrected chi connectivity index (χ4v) is 4.49. The van der Waals surface area contributed by atoms with Gasteiger partial charge in [0.1, 0.15) is 5.69 Å². The van der Waals surface area contributed by atoms with Crippen LogP contribution in [0.5, 0.6) is 0 Å². The van der Waals surface area contributed by atoms with Gasteiger partial charge in [0.15, 0.2) is 0 Å². The van der Waals surface area contributed by atoms with Gasteiger partial charge >= 0.3 is 0 Å². The third kappa shape index (κ3) is 5.74. The predicted octanol–water partition coefficient (Wildman–Crippen LogP) is 4.33. The number of hydrogen-bond acceptors (Lipinski definition) is 3. The second-order valence-electron chi connectivity index (χ2n) is 9.20. The number of amides is 2. The zero-order valence-electron chi connectivity index (χ0n) is 21.3. The maximum Gasteiger partial charge on any atom is 0.267 e. The smallest absolute Gasteiger partial charge is 0.267 e. The van der Waals surface area contributed by atoms with Crippen LogP contribution in [-0.4, -0.2) is 50.7 Å². The number of nitrogens with one attached hydrogen (secondary N) is 1. The van der Waals surface area contributed by atoms with E-state index in [1.54, 1.807) is 15.5 Å². The number of carbonyl (C=O) groups excluding carboxylic acids is 2. The highest BCUT2D eigenvalue weighted by molar-refractivity contribution is 5.95. The minimum atomic E-state index is -0.118. The summed E-state index contributed by atoms with van der Waals surface area (Å²) < 4.78 is 3.65. The summed E-state index contributed by atoms with van der Waals surface area (Å²) in [4.78, 5) is 27.9. The third-order valence-electron chi connectivity index (χ3n) is 6.47. The lowest BCUT2D eigenvalue weighted by Crippen LogP contribution is -2.41. The Morgan fingerprint density at radius 2 is 1.78 bits per heavy atom. The van der Waals surface area contributed by atoms with E-state index in [1.165, 1.54) is 0 Å². The lowest BCUT2D eigenvalue weighted by molar-refractivity contribution is 0.0722. The summed E-state index contributed by atoms with van der Waals surface area (Å²) in [5, 5.41) is 7.56. The highest BCUT2D eigenvalue weighted by atomic mass is 16.2. The minimum Gasteiger partial charge on any atom is -0.351 e. The van der Waals surface area contributed by atoms with Gasteiger partial charge in [-0.1, -0.05) is 36.4 Å². The molecule has 0 aliphatic carbocycles. The summed E-state index contributed by atoms with van der Waals surface area (Å²) in [6.07, 6.45) is 3.17. The second kappa shape index (κ2) is 11.1. The Labute approximate surface area is 212 Å². The van der Waals surface area contributed by atoms with E-state index in [1.807, 2.05) is 93.4 Å². The maximum absolute atomic E-state index is 13.6. The van der Waals surface area contributed by atoms with Crippen molar-refractivity contribution in [2.45, 2.75) is 32.7 Å². The molecular formula is C29H33N5O2. The van der Waals surface area contributed by atoms with Gasteiger partial charge in [-0.3, -0.25) is 9.59 Å². The maximum atomic E-state index is 13.6. The van der Waals surface area contributed by atoms with Crippen LogP contribution in [0.2, 0.25) is 0 Å². The van der Waals surface area contributed by atoms with Crippen molar-refractivity contribution >= 4 is 11.8 Å². The monoisotopic (exact) mass is 483 g/mol. The molecule has 0 aliphatic heterocycles. The topological polar surface area (TPSA) is 72.2 Å². The molecule has 2 amide bonds. The average Bonchev–Trinajstić information content (AvgIpc) is 3.47. The first-order chi connectivity index (χ1) is 17.3. The van der Waals surface area contributed by atoms with E-state index >= 15 is 0 Å². The van der Waals surface area contributed by atoms with E-state index in [0.29, 0.717) is 30.6 Å². The molecule has 2 aromatic heterocycles. The summed E-state index contributed by atoms with van der Waals surface area (Å²) in [6.45, 7) is 4.42. The van der Waals surface area contributed by atoms with Crippen LogP contribution in [0.3, 0.4) is 0 Å². The lowest BCUT2D eigenvalue weighted by Gasteiger charge is -2.29. The van der Waals surface area contributed by atoms with Gasteiger partial charge in [0.25, 0.3) is 11.8 Å². The number of benzene rings is 2. The van der Waals surface area contributed by atoms with E-state index < -0.39 is 0 Å². The Kier molecular flexibility index (Phi) is 7.68. The number of nitrogens with zero attached hydrogens (tertiary/aromatic N) is 4. The normalized spacial score (nSPS) is 11.8. The fourth-order valence-electron chi connectivity index (χ4n) is 4.49. The zero-order chi connectivity index (χ0) is 25.7. The molecule has 36 heavy (non-hydrogen) atoms. The molecular weight excluding hydrogens is 450 g/mol. The molecule has 7 heteroatoms. The highest BCUT2D eigenvalue weighted by Gasteiger charge is 2.22. The molecule has 4 rings (SSSR count). The fraction of sp³-hybridized carbons (Fsp3) is 0.276. The molecule has 1 unspecified atom stereocenters. The van der Waals surface area contributed by atoms with E-state index in [9.17, 15) is 9.59 Å². The van der Waals surface area contributed by atoms with Gasteiger partial charge in [0.2, 0.25) is 0 Å². The number of rotatable bonds is 9. The summed E-state index contributed by atoms with van der Waals surface area (Å²) in [6, 6.07) is 23.3. The van der Waals surface area contributed by atoms with Crippen LogP contribution in [0.25, 0.3) is 5.69 Å². The van der Waals surface area contributed by atoms with Crippen LogP contribution in [0.15, 0.2) is 79.0 Å². The van der Waals surface area contributed by atoms with Crippen LogP contribution in [0.1, 0.15) is 44.2 Å². The van der Waals surface area contributed by atoms with Gasteiger partial charge in [-0.15, -0.1) is 0 Å². The van der Waals surface area contributed by atoms with E-state index in [0.717, 1.165) is 22.6 Å². The van der Waals surface area contributed by atoms with Crippen molar-refractivity contribution in [3.63, 3.8) is 0 Å². The molecule has 0 fully saturated rings. The molecule has 0 bridgehead atoms. The van der Waals surface area contributed by atoms with Crippen LogP contribution in [0.4, 0.5) is 0 Å². The highest BCUT2D eigenvalue weighted by Crippen LogP contribution is 2.18. The molecule has 0 spiro atoms. The van der Waals surface area contributed by atoms with Crippen molar-refractivity contribution in [1.82, 2.24) is 24.6 Å². The molecule has 4 aromatic rings. The SMILES string of the molecule is Cc1cc(C)n(-c2cccc(C(=O)N(C)C(CCNC(=O)c3cccn3C)Cc3ccccc3)c2)n1. The van der Waals surface area contributed by atoms with Gasteiger partial charge in [0, 0.05) is 44.1 Å². The van der Waals surface area contributed by atoms with Crippen molar-refractivity contribution in [2.24, 2.45) is 7.05 Å². The standard InChI is InChI=1S/C29H33N5O2/c1-21-18-22(2)34(31-21)26-13-8-12-24(20-26)29(36)33(4)25(19-23-10-6-5-7-11-23)15-16-30-28(35)27-14-9-17-32(27)3/h5-14,17-18,20,25H,15-16,19H2,1-4H3,(H,30,35). The number of hydrogen-bond donors (Lipinski definition) is 1. The molecule has 1 atom stereocenters. The molecule has 0 saturated carbocycles. The van der Waals surface area contributed by atoms with Crippen LogP contribution in [-0.2, 0) is 13.5 Å². The first-order valence-electron chi connectivity index (χ1n) is 12.2. The second-order valence-corrected chi connectivity index (χ2v) is 9.20. The van der Waals surface area contributed by atoms with Gasteiger partial charge < -0.3 is 14.8 Å².